The van der Waals surface area contributed by atoms with E-state index in [1.165, 1.54) is 0 Å². The standard InChI is InChI=1S/C15H22N6O2/c1-10-13-14(19(2)18-10)16-9-17-15(13)21-7-11(12(22)8-21)20-3-5-23-6-4-20/h9,11-12,22H,3-8H2,1-2H3/t11-,12-/m0/s1. The molecular formula is C15H22N6O2. The normalized spacial score (nSPS) is 26.3. The van der Waals surface area contributed by atoms with Crippen LogP contribution in [0.3, 0.4) is 0 Å². The number of ether oxygens (including phenoxy) is 1. The first kappa shape index (κ1) is 14.8. The van der Waals surface area contributed by atoms with Crippen molar-refractivity contribution in [3.05, 3.63) is 12.0 Å². The van der Waals surface area contributed by atoms with Gasteiger partial charge < -0.3 is 14.7 Å². The molecule has 8 heteroatoms. The van der Waals surface area contributed by atoms with Gasteiger partial charge in [0.15, 0.2) is 5.65 Å². The van der Waals surface area contributed by atoms with E-state index >= 15 is 0 Å². The lowest BCUT2D eigenvalue weighted by atomic mass is 10.1. The summed E-state index contributed by atoms with van der Waals surface area (Å²) in [6.45, 7) is 6.55. The van der Waals surface area contributed by atoms with Crippen molar-refractivity contribution < 1.29 is 9.84 Å². The number of aliphatic hydroxyl groups is 1. The number of aryl methyl sites for hydroxylation is 2. The third kappa shape index (κ3) is 2.46. The number of hydrogen-bond donors (Lipinski definition) is 1. The van der Waals surface area contributed by atoms with E-state index in [0.29, 0.717) is 6.54 Å². The molecule has 0 aromatic carbocycles. The Kier molecular flexibility index (Phi) is 3.67. The van der Waals surface area contributed by atoms with Gasteiger partial charge in [-0.25, -0.2) is 9.97 Å². The molecular weight excluding hydrogens is 296 g/mol. The van der Waals surface area contributed by atoms with E-state index in [9.17, 15) is 5.11 Å². The number of hydrogen-bond acceptors (Lipinski definition) is 7. The van der Waals surface area contributed by atoms with E-state index in [-0.39, 0.29) is 12.1 Å². The van der Waals surface area contributed by atoms with Gasteiger partial charge in [-0.05, 0) is 6.92 Å². The fraction of sp³-hybridized carbons (Fsp3) is 0.667. The minimum atomic E-state index is -0.380. The minimum Gasteiger partial charge on any atom is -0.390 e. The molecule has 0 amide bonds. The third-order valence-corrected chi connectivity index (χ3v) is 4.85. The minimum absolute atomic E-state index is 0.126. The van der Waals surface area contributed by atoms with E-state index in [1.54, 1.807) is 11.0 Å². The van der Waals surface area contributed by atoms with Crippen LogP contribution in [0, 0.1) is 6.92 Å². The molecule has 4 rings (SSSR count). The number of morpholine rings is 1. The second-order valence-corrected chi connectivity index (χ2v) is 6.29. The summed E-state index contributed by atoms with van der Waals surface area (Å²) in [5.74, 6) is 0.871. The smallest absolute Gasteiger partial charge is 0.163 e. The van der Waals surface area contributed by atoms with Crippen molar-refractivity contribution >= 4 is 16.9 Å². The maximum atomic E-state index is 10.5. The molecule has 0 radical (unpaired) electrons. The zero-order chi connectivity index (χ0) is 16.0. The van der Waals surface area contributed by atoms with Gasteiger partial charge in [-0.2, -0.15) is 5.10 Å². The van der Waals surface area contributed by atoms with Crippen LogP contribution in [0.1, 0.15) is 5.69 Å². The highest BCUT2D eigenvalue weighted by Gasteiger charge is 2.37. The van der Waals surface area contributed by atoms with Gasteiger partial charge >= 0.3 is 0 Å². The molecule has 2 saturated heterocycles. The van der Waals surface area contributed by atoms with Crippen LogP contribution in [0.4, 0.5) is 5.82 Å². The van der Waals surface area contributed by atoms with Crippen LogP contribution in [0.2, 0.25) is 0 Å². The predicted octanol–water partition coefficient (Wildman–Crippen LogP) is -0.447. The van der Waals surface area contributed by atoms with Gasteiger partial charge in [0, 0.05) is 33.2 Å². The Morgan fingerprint density at radius 3 is 2.78 bits per heavy atom. The van der Waals surface area contributed by atoms with Gasteiger partial charge in [0.1, 0.15) is 12.1 Å². The molecule has 0 bridgehead atoms. The maximum Gasteiger partial charge on any atom is 0.163 e. The van der Waals surface area contributed by atoms with Crippen LogP contribution in [-0.2, 0) is 11.8 Å². The van der Waals surface area contributed by atoms with Crippen LogP contribution in [-0.4, -0.2) is 81.3 Å². The maximum absolute atomic E-state index is 10.5. The number of anilines is 1. The fourth-order valence-electron chi connectivity index (χ4n) is 3.71. The summed E-state index contributed by atoms with van der Waals surface area (Å²) in [7, 11) is 1.89. The molecule has 2 aliphatic rings. The lowest BCUT2D eigenvalue weighted by Gasteiger charge is -2.33. The molecule has 23 heavy (non-hydrogen) atoms. The van der Waals surface area contributed by atoms with Gasteiger partial charge in [-0.3, -0.25) is 9.58 Å². The summed E-state index contributed by atoms with van der Waals surface area (Å²) < 4.78 is 7.19. The number of aromatic nitrogens is 4. The average Bonchev–Trinajstić information content (AvgIpc) is 3.09. The van der Waals surface area contributed by atoms with Gasteiger partial charge in [-0.15, -0.1) is 0 Å². The van der Waals surface area contributed by atoms with Crippen molar-refractivity contribution in [2.24, 2.45) is 7.05 Å². The van der Waals surface area contributed by atoms with Crippen LogP contribution in [0.5, 0.6) is 0 Å². The molecule has 2 aromatic heterocycles. The molecule has 4 heterocycles. The Morgan fingerprint density at radius 1 is 1.22 bits per heavy atom. The molecule has 1 N–H and O–H groups in total. The van der Waals surface area contributed by atoms with E-state index in [4.69, 9.17) is 4.74 Å². The summed E-state index contributed by atoms with van der Waals surface area (Å²) in [4.78, 5) is 13.3. The van der Waals surface area contributed by atoms with E-state index in [2.05, 4.69) is 24.9 Å². The quantitative estimate of drug-likeness (QED) is 0.803. The van der Waals surface area contributed by atoms with Crippen molar-refractivity contribution in [2.75, 3.05) is 44.3 Å². The monoisotopic (exact) mass is 318 g/mol. The molecule has 2 fully saturated rings. The number of aliphatic hydroxyl groups excluding tert-OH is 1. The Bertz CT molecular complexity index is 711. The van der Waals surface area contributed by atoms with Gasteiger partial charge in [0.25, 0.3) is 0 Å². The Balaban J connectivity index is 1.64. The van der Waals surface area contributed by atoms with Crippen LogP contribution < -0.4 is 4.90 Å². The van der Waals surface area contributed by atoms with E-state index < -0.39 is 0 Å². The van der Waals surface area contributed by atoms with Crippen LogP contribution in [0.25, 0.3) is 11.0 Å². The molecule has 0 aliphatic carbocycles. The van der Waals surface area contributed by atoms with Gasteiger partial charge in [-0.1, -0.05) is 0 Å². The first-order chi connectivity index (χ1) is 11.1. The Hall–Kier alpha value is -1.77. The largest absolute Gasteiger partial charge is 0.390 e. The summed E-state index contributed by atoms with van der Waals surface area (Å²) in [6.07, 6.45) is 1.20. The van der Waals surface area contributed by atoms with Crippen LogP contribution >= 0.6 is 0 Å². The zero-order valence-electron chi connectivity index (χ0n) is 13.5. The summed E-state index contributed by atoms with van der Waals surface area (Å²) >= 11 is 0. The average molecular weight is 318 g/mol. The van der Waals surface area contributed by atoms with Crippen molar-refractivity contribution in [2.45, 2.75) is 19.1 Å². The van der Waals surface area contributed by atoms with Gasteiger partial charge in [0.05, 0.1) is 36.4 Å². The highest BCUT2D eigenvalue weighted by atomic mass is 16.5. The SMILES string of the molecule is Cc1nn(C)c2ncnc(N3C[C@H](O)[C@@H](N4CCOCC4)C3)c12. The summed E-state index contributed by atoms with van der Waals surface area (Å²) in [5, 5.41) is 16.0. The highest BCUT2D eigenvalue weighted by molar-refractivity contribution is 5.89. The first-order valence-corrected chi connectivity index (χ1v) is 8.04. The Labute approximate surface area is 134 Å². The summed E-state index contributed by atoms with van der Waals surface area (Å²) in [6, 6.07) is 0.126. The lowest BCUT2D eigenvalue weighted by molar-refractivity contribution is -0.00588. The highest BCUT2D eigenvalue weighted by Crippen LogP contribution is 2.29. The molecule has 124 valence electrons. The molecule has 2 aliphatic heterocycles. The molecule has 0 saturated carbocycles. The molecule has 8 nitrogen and oxygen atoms in total. The third-order valence-electron chi connectivity index (χ3n) is 4.85. The molecule has 2 atom stereocenters. The fourth-order valence-corrected chi connectivity index (χ4v) is 3.71. The van der Waals surface area contributed by atoms with Gasteiger partial charge in [0.2, 0.25) is 0 Å². The number of rotatable bonds is 2. The lowest BCUT2D eigenvalue weighted by Crippen LogP contribution is -2.48. The van der Waals surface area contributed by atoms with Crippen molar-refractivity contribution in [3.8, 4) is 0 Å². The van der Waals surface area contributed by atoms with Crippen LogP contribution in [0.15, 0.2) is 6.33 Å². The number of β-amino-alcohol motifs (C(OH)–C–C–N with tert-alkyl or cyclic N) is 1. The summed E-state index contributed by atoms with van der Waals surface area (Å²) in [5.41, 5.74) is 1.75. The van der Waals surface area contributed by atoms with E-state index in [0.717, 1.165) is 55.4 Å². The topological polar surface area (TPSA) is 79.5 Å². The molecule has 0 unspecified atom stereocenters. The first-order valence-electron chi connectivity index (χ1n) is 8.04. The number of fused-ring (bicyclic) bond motifs is 1. The second kappa shape index (κ2) is 5.70. The number of nitrogens with zero attached hydrogens (tertiary/aromatic N) is 6. The molecule has 2 aromatic rings. The van der Waals surface area contributed by atoms with E-state index in [1.807, 2.05) is 14.0 Å². The van der Waals surface area contributed by atoms with Crippen molar-refractivity contribution in [3.63, 3.8) is 0 Å². The van der Waals surface area contributed by atoms with Crippen molar-refractivity contribution in [1.82, 2.24) is 24.6 Å². The molecule has 0 spiro atoms. The zero-order valence-corrected chi connectivity index (χ0v) is 13.5. The van der Waals surface area contributed by atoms with Crippen molar-refractivity contribution in [1.29, 1.82) is 0 Å². The predicted molar refractivity (Wildman–Crippen MR) is 85.4 cm³/mol. The Morgan fingerprint density at radius 2 is 2.00 bits per heavy atom. The second-order valence-electron chi connectivity index (χ2n) is 6.29.